The standard InChI is InChI=1S/C13H16FN/c1-10-3-2-4-13(9-10)15-12-7-5-11(14)6-8-12/h5-8,10H,2-4,9H2,1H3/b15-13+. The number of halogens is 1. The molecule has 1 unspecified atom stereocenters. The first-order valence-electron chi connectivity index (χ1n) is 5.56. The van der Waals surface area contributed by atoms with E-state index in [9.17, 15) is 4.39 Å². The third-order valence-corrected chi connectivity index (χ3v) is 2.86. The van der Waals surface area contributed by atoms with E-state index >= 15 is 0 Å². The fourth-order valence-electron chi connectivity index (χ4n) is 2.06. The summed E-state index contributed by atoms with van der Waals surface area (Å²) in [7, 11) is 0. The molecule has 80 valence electrons. The third kappa shape index (κ3) is 2.88. The minimum Gasteiger partial charge on any atom is -0.258 e. The van der Waals surface area contributed by atoms with Crippen molar-refractivity contribution in [2.45, 2.75) is 32.6 Å². The highest BCUT2D eigenvalue weighted by molar-refractivity contribution is 5.87. The normalized spacial score (nSPS) is 24.4. The van der Waals surface area contributed by atoms with Gasteiger partial charge >= 0.3 is 0 Å². The monoisotopic (exact) mass is 205 g/mol. The smallest absolute Gasteiger partial charge is 0.123 e. The summed E-state index contributed by atoms with van der Waals surface area (Å²) in [5, 5.41) is 0. The lowest BCUT2D eigenvalue weighted by Crippen LogP contribution is -2.12. The maximum atomic E-state index is 12.7. The van der Waals surface area contributed by atoms with Gasteiger partial charge < -0.3 is 0 Å². The summed E-state index contributed by atoms with van der Waals surface area (Å²) in [5.41, 5.74) is 2.14. The van der Waals surface area contributed by atoms with Gasteiger partial charge in [0.05, 0.1) is 5.69 Å². The molecule has 0 aromatic heterocycles. The Balaban J connectivity index is 2.11. The summed E-state index contributed by atoms with van der Waals surface area (Å²) in [6, 6.07) is 6.40. The van der Waals surface area contributed by atoms with Crippen molar-refractivity contribution in [3.8, 4) is 0 Å². The molecular weight excluding hydrogens is 189 g/mol. The highest BCUT2D eigenvalue weighted by atomic mass is 19.1. The Hall–Kier alpha value is -1.18. The van der Waals surface area contributed by atoms with E-state index in [-0.39, 0.29) is 5.82 Å². The molecule has 1 aliphatic rings. The van der Waals surface area contributed by atoms with Crippen LogP contribution in [-0.2, 0) is 0 Å². The lowest BCUT2D eigenvalue weighted by Gasteiger charge is -2.19. The van der Waals surface area contributed by atoms with Gasteiger partial charge in [-0.15, -0.1) is 0 Å². The molecule has 2 rings (SSSR count). The molecule has 1 aliphatic carbocycles. The van der Waals surface area contributed by atoms with E-state index in [0.29, 0.717) is 0 Å². The van der Waals surface area contributed by atoms with E-state index in [1.807, 2.05) is 0 Å². The molecule has 0 amide bonds. The molecule has 15 heavy (non-hydrogen) atoms. The Kier molecular flexibility index (Phi) is 3.14. The van der Waals surface area contributed by atoms with Crippen molar-refractivity contribution in [1.82, 2.24) is 0 Å². The molecule has 1 aromatic rings. The molecule has 1 atom stereocenters. The lowest BCUT2D eigenvalue weighted by atomic mass is 9.89. The summed E-state index contributed by atoms with van der Waals surface area (Å²) in [6.45, 7) is 2.26. The molecule has 2 heteroatoms. The summed E-state index contributed by atoms with van der Waals surface area (Å²) in [5.74, 6) is 0.550. The molecule has 1 fully saturated rings. The zero-order valence-electron chi connectivity index (χ0n) is 9.04. The van der Waals surface area contributed by atoms with Crippen LogP contribution in [0.1, 0.15) is 32.6 Å². The largest absolute Gasteiger partial charge is 0.258 e. The van der Waals surface area contributed by atoms with Gasteiger partial charge in [0, 0.05) is 5.71 Å². The van der Waals surface area contributed by atoms with Gasteiger partial charge in [0.1, 0.15) is 5.82 Å². The third-order valence-electron chi connectivity index (χ3n) is 2.86. The van der Waals surface area contributed by atoms with E-state index in [1.165, 1.54) is 30.7 Å². The van der Waals surface area contributed by atoms with Gasteiger partial charge in [-0.2, -0.15) is 0 Å². The Morgan fingerprint density at radius 2 is 2.00 bits per heavy atom. The molecule has 1 aromatic carbocycles. The average molecular weight is 205 g/mol. The number of aliphatic imine (C=N–C) groups is 1. The summed E-state index contributed by atoms with van der Waals surface area (Å²) in [4.78, 5) is 4.56. The molecular formula is C13H16FN. The van der Waals surface area contributed by atoms with Gasteiger partial charge in [-0.05, 0) is 55.9 Å². The van der Waals surface area contributed by atoms with Gasteiger partial charge in [-0.1, -0.05) is 6.92 Å². The molecule has 0 saturated heterocycles. The lowest BCUT2D eigenvalue weighted by molar-refractivity contribution is 0.500. The number of benzene rings is 1. The molecule has 0 aliphatic heterocycles. The second-order valence-electron chi connectivity index (χ2n) is 4.36. The van der Waals surface area contributed by atoms with Crippen LogP contribution < -0.4 is 0 Å². The van der Waals surface area contributed by atoms with E-state index < -0.39 is 0 Å². The second-order valence-corrected chi connectivity index (χ2v) is 4.36. The van der Waals surface area contributed by atoms with Crippen LogP contribution in [0.2, 0.25) is 0 Å². The van der Waals surface area contributed by atoms with E-state index in [0.717, 1.165) is 24.4 Å². The zero-order chi connectivity index (χ0) is 10.7. The van der Waals surface area contributed by atoms with E-state index in [1.54, 1.807) is 12.1 Å². The van der Waals surface area contributed by atoms with Crippen LogP contribution >= 0.6 is 0 Å². The van der Waals surface area contributed by atoms with Crippen LogP contribution in [0.4, 0.5) is 10.1 Å². The van der Waals surface area contributed by atoms with E-state index in [2.05, 4.69) is 11.9 Å². The van der Waals surface area contributed by atoms with Gasteiger partial charge in [0.15, 0.2) is 0 Å². The van der Waals surface area contributed by atoms with Crippen molar-refractivity contribution in [2.75, 3.05) is 0 Å². The summed E-state index contributed by atoms with van der Waals surface area (Å²) >= 11 is 0. The molecule has 0 N–H and O–H groups in total. The highest BCUT2D eigenvalue weighted by Gasteiger charge is 2.13. The minimum absolute atomic E-state index is 0.198. The van der Waals surface area contributed by atoms with Gasteiger partial charge in [-0.25, -0.2) is 4.39 Å². The molecule has 0 heterocycles. The van der Waals surface area contributed by atoms with Crippen molar-refractivity contribution in [1.29, 1.82) is 0 Å². The fourth-order valence-corrected chi connectivity index (χ4v) is 2.06. The van der Waals surface area contributed by atoms with Crippen molar-refractivity contribution in [3.05, 3.63) is 30.1 Å². The minimum atomic E-state index is -0.198. The Labute approximate surface area is 90.0 Å². The SMILES string of the molecule is CC1CCC/C(=N\c2ccc(F)cc2)C1. The van der Waals surface area contributed by atoms with Crippen molar-refractivity contribution in [3.63, 3.8) is 0 Å². The molecule has 1 nitrogen and oxygen atoms in total. The van der Waals surface area contributed by atoms with Crippen molar-refractivity contribution >= 4 is 11.4 Å². The maximum absolute atomic E-state index is 12.7. The van der Waals surface area contributed by atoms with Crippen molar-refractivity contribution in [2.24, 2.45) is 10.9 Å². The van der Waals surface area contributed by atoms with Crippen LogP contribution in [0.25, 0.3) is 0 Å². The topological polar surface area (TPSA) is 12.4 Å². The second kappa shape index (κ2) is 4.56. The predicted octanol–water partition coefficient (Wildman–Crippen LogP) is 4.11. The van der Waals surface area contributed by atoms with Crippen LogP contribution in [-0.4, -0.2) is 5.71 Å². The number of hydrogen-bond donors (Lipinski definition) is 0. The van der Waals surface area contributed by atoms with Gasteiger partial charge in [0.25, 0.3) is 0 Å². The number of nitrogens with zero attached hydrogens (tertiary/aromatic N) is 1. The fraction of sp³-hybridized carbons (Fsp3) is 0.462. The Morgan fingerprint density at radius 1 is 1.27 bits per heavy atom. The molecule has 1 saturated carbocycles. The highest BCUT2D eigenvalue weighted by Crippen LogP contribution is 2.24. The molecule has 0 bridgehead atoms. The van der Waals surface area contributed by atoms with Gasteiger partial charge in [0.2, 0.25) is 0 Å². The van der Waals surface area contributed by atoms with Gasteiger partial charge in [-0.3, -0.25) is 4.99 Å². The van der Waals surface area contributed by atoms with Crippen LogP contribution in [0.3, 0.4) is 0 Å². The maximum Gasteiger partial charge on any atom is 0.123 e. The molecule has 0 radical (unpaired) electrons. The first-order valence-corrected chi connectivity index (χ1v) is 5.56. The average Bonchev–Trinajstić information content (AvgIpc) is 2.22. The number of rotatable bonds is 1. The quantitative estimate of drug-likeness (QED) is 0.654. The molecule has 0 spiro atoms. The van der Waals surface area contributed by atoms with Crippen LogP contribution in [0, 0.1) is 11.7 Å². The number of hydrogen-bond acceptors (Lipinski definition) is 1. The Morgan fingerprint density at radius 3 is 2.67 bits per heavy atom. The first-order chi connectivity index (χ1) is 7.24. The predicted molar refractivity (Wildman–Crippen MR) is 61.1 cm³/mol. The Bertz CT molecular complexity index is 353. The zero-order valence-corrected chi connectivity index (χ0v) is 9.04. The van der Waals surface area contributed by atoms with Crippen molar-refractivity contribution < 1.29 is 4.39 Å². The summed E-state index contributed by atoms with van der Waals surface area (Å²) < 4.78 is 12.7. The summed E-state index contributed by atoms with van der Waals surface area (Å²) in [6.07, 6.45) is 4.74. The van der Waals surface area contributed by atoms with E-state index in [4.69, 9.17) is 0 Å². The van der Waals surface area contributed by atoms with Crippen LogP contribution in [0.5, 0.6) is 0 Å². The van der Waals surface area contributed by atoms with Crippen LogP contribution in [0.15, 0.2) is 29.3 Å². The first kappa shape index (κ1) is 10.3.